The van der Waals surface area contributed by atoms with Crippen LogP contribution in [0.3, 0.4) is 0 Å². The van der Waals surface area contributed by atoms with Crippen LogP contribution in [0.15, 0.2) is 70.6 Å². The predicted octanol–water partition coefficient (Wildman–Crippen LogP) is 4.88. The van der Waals surface area contributed by atoms with E-state index in [2.05, 4.69) is 9.98 Å². The van der Waals surface area contributed by atoms with E-state index in [1.54, 1.807) is 24.3 Å². The van der Waals surface area contributed by atoms with Crippen LogP contribution in [0.25, 0.3) is 0 Å². The Hall–Kier alpha value is -3.54. The van der Waals surface area contributed by atoms with Gasteiger partial charge in [-0.1, -0.05) is 24.3 Å². The van der Waals surface area contributed by atoms with Crippen LogP contribution < -0.4 is 0 Å². The Morgan fingerprint density at radius 2 is 1.04 bits per heavy atom. The number of benzene rings is 3. The third-order valence-corrected chi connectivity index (χ3v) is 3.60. The van der Waals surface area contributed by atoms with Gasteiger partial charge in [-0.2, -0.15) is 0 Å². The van der Waals surface area contributed by atoms with Crippen molar-refractivity contribution in [2.75, 3.05) is 0 Å². The number of para-hydroxylation sites is 4. The second-order valence-corrected chi connectivity index (χ2v) is 5.36. The summed E-state index contributed by atoms with van der Waals surface area (Å²) >= 11 is 0. The zero-order valence-electron chi connectivity index (χ0n) is 13.5. The highest BCUT2D eigenvalue weighted by Gasteiger charge is 2.06. The van der Waals surface area contributed by atoms with Crippen molar-refractivity contribution in [1.29, 1.82) is 0 Å². The fraction of sp³-hybridized carbons (Fsp3) is 0. The van der Waals surface area contributed by atoms with Gasteiger partial charge in [0, 0.05) is 23.6 Å². The Bertz CT molecular complexity index is 920. The Morgan fingerprint density at radius 1 is 0.615 bits per heavy atom. The van der Waals surface area contributed by atoms with Gasteiger partial charge in [0.1, 0.15) is 0 Å². The van der Waals surface area contributed by atoms with Gasteiger partial charge in [-0.25, -0.2) is 8.78 Å². The van der Waals surface area contributed by atoms with Gasteiger partial charge >= 0.3 is 0 Å². The van der Waals surface area contributed by atoms with Crippen molar-refractivity contribution in [1.82, 2.24) is 0 Å². The number of rotatable bonds is 4. The van der Waals surface area contributed by atoms with E-state index in [1.165, 1.54) is 36.7 Å². The summed E-state index contributed by atoms with van der Waals surface area (Å²) in [4.78, 5) is 8.46. The van der Waals surface area contributed by atoms with Gasteiger partial charge in [0.25, 0.3) is 0 Å². The van der Waals surface area contributed by atoms with E-state index < -0.39 is 23.1 Å². The van der Waals surface area contributed by atoms with Crippen LogP contribution in [0.2, 0.25) is 0 Å². The molecule has 2 N–H and O–H groups in total. The van der Waals surface area contributed by atoms with E-state index in [9.17, 15) is 19.0 Å². The average molecular weight is 352 g/mol. The molecule has 3 aromatic carbocycles. The molecular weight excluding hydrogens is 338 g/mol. The minimum Gasteiger partial charge on any atom is -0.504 e. The molecule has 3 rings (SSSR count). The van der Waals surface area contributed by atoms with Gasteiger partial charge in [0.15, 0.2) is 23.1 Å². The maximum Gasteiger partial charge on any atom is 0.165 e. The highest BCUT2D eigenvalue weighted by atomic mass is 19.1. The lowest BCUT2D eigenvalue weighted by Gasteiger charge is -2.02. The SMILES string of the molecule is Oc1c(F)cccc1C=Nc1ccccc1N=Cc1cccc(F)c1O. The summed E-state index contributed by atoms with van der Waals surface area (Å²) in [6.07, 6.45) is 2.65. The molecule has 0 heterocycles. The van der Waals surface area contributed by atoms with E-state index in [-0.39, 0.29) is 11.1 Å². The highest BCUT2D eigenvalue weighted by Crippen LogP contribution is 2.29. The van der Waals surface area contributed by atoms with Crippen molar-refractivity contribution >= 4 is 23.8 Å². The van der Waals surface area contributed by atoms with Crippen LogP contribution in [-0.4, -0.2) is 22.6 Å². The first-order chi connectivity index (χ1) is 12.6. The summed E-state index contributed by atoms with van der Waals surface area (Å²) < 4.78 is 26.7. The Kier molecular flexibility index (Phi) is 5.03. The number of phenolic OH excluding ortho intramolecular Hbond substituents is 2. The van der Waals surface area contributed by atoms with Gasteiger partial charge in [-0.05, 0) is 36.4 Å². The molecule has 130 valence electrons. The van der Waals surface area contributed by atoms with E-state index in [0.29, 0.717) is 11.4 Å². The molecule has 0 unspecified atom stereocenters. The molecule has 0 aliphatic heterocycles. The van der Waals surface area contributed by atoms with Crippen LogP contribution in [-0.2, 0) is 0 Å². The largest absolute Gasteiger partial charge is 0.504 e. The van der Waals surface area contributed by atoms with E-state index in [1.807, 2.05) is 0 Å². The number of aliphatic imine (C=N–C) groups is 2. The fourth-order valence-corrected chi connectivity index (χ4v) is 2.23. The molecule has 0 saturated carbocycles. The molecule has 0 saturated heterocycles. The van der Waals surface area contributed by atoms with Gasteiger partial charge in [0.2, 0.25) is 0 Å². The van der Waals surface area contributed by atoms with Crippen molar-refractivity contribution < 1.29 is 19.0 Å². The van der Waals surface area contributed by atoms with Crippen molar-refractivity contribution in [2.45, 2.75) is 0 Å². The smallest absolute Gasteiger partial charge is 0.165 e. The molecule has 4 nitrogen and oxygen atoms in total. The standard InChI is InChI=1S/C20H14F2N2O2/c21-15-7-3-5-13(19(15)25)11-23-17-9-1-2-10-18(17)24-12-14-6-4-8-16(22)20(14)26/h1-12,25-26H. The summed E-state index contributed by atoms with van der Waals surface area (Å²) in [6, 6.07) is 15.1. The van der Waals surface area contributed by atoms with E-state index in [0.717, 1.165) is 12.1 Å². The predicted molar refractivity (Wildman–Crippen MR) is 97.1 cm³/mol. The lowest BCUT2D eigenvalue weighted by molar-refractivity contribution is 0.431. The molecular formula is C20H14F2N2O2. The average Bonchev–Trinajstić information content (AvgIpc) is 2.65. The molecule has 0 aromatic heterocycles. The van der Waals surface area contributed by atoms with E-state index in [4.69, 9.17) is 0 Å². The summed E-state index contributed by atoms with van der Waals surface area (Å²) in [5.41, 5.74) is 1.38. The number of phenols is 2. The first kappa shape index (κ1) is 17.3. The Morgan fingerprint density at radius 3 is 1.46 bits per heavy atom. The molecule has 0 spiro atoms. The molecule has 0 radical (unpaired) electrons. The van der Waals surface area contributed by atoms with Gasteiger partial charge in [0.05, 0.1) is 11.4 Å². The molecule has 0 aliphatic carbocycles. The van der Waals surface area contributed by atoms with Crippen molar-refractivity contribution in [2.24, 2.45) is 9.98 Å². The normalized spacial score (nSPS) is 11.5. The number of hydrogen-bond donors (Lipinski definition) is 2. The summed E-state index contributed by atoms with van der Waals surface area (Å²) in [5.74, 6) is -2.44. The third-order valence-electron chi connectivity index (χ3n) is 3.60. The molecule has 0 atom stereocenters. The number of hydrogen-bond acceptors (Lipinski definition) is 4. The maximum absolute atomic E-state index is 13.4. The van der Waals surface area contributed by atoms with Crippen LogP contribution in [0, 0.1) is 11.6 Å². The van der Waals surface area contributed by atoms with Gasteiger partial charge < -0.3 is 10.2 Å². The first-order valence-electron chi connectivity index (χ1n) is 7.68. The second-order valence-electron chi connectivity index (χ2n) is 5.36. The maximum atomic E-state index is 13.4. The third kappa shape index (κ3) is 3.75. The lowest BCUT2D eigenvalue weighted by Crippen LogP contribution is -1.86. The van der Waals surface area contributed by atoms with Gasteiger partial charge in [-0.3, -0.25) is 9.98 Å². The van der Waals surface area contributed by atoms with Gasteiger partial charge in [-0.15, -0.1) is 0 Å². The quantitative estimate of drug-likeness (QED) is 0.658. The Balaban J connectivity index is 1.91. The van der Waals surface area contributed by atoms with Crippen LogP contribution in [0.4, 0.5) is 20.2 Å². The summed E-state index contributed by atoms with van der Waals surface area (Å²) in [7, 11) is 0. The van der Waals surface area contributed by atoms with Crippen molar-refractivity contribution in [3.63, 3.8) is 0 Å². The number of halogens is 2. The first-order valence-corrected chi connectivity index (χ1v) is 7.68. The molecule has 0 amide bonds. The monoisotopic (exact) mass is 352 g/mol. The topological polar surface area (TPSA) is 65.2 Å². The van der Waals surface area contributed by atoms with Crippen LogP contribution >= 0.6 is 0 Å². The molecule has 0 aliphatic rings. The highest BCUT2D eigenvalue weighted by molar-refractivity contribution is 5.89. The molecule has 3 aromatic rings. The van der Waals surface area contributed by atoms with Crippen LogP contribution in [0.1, 0.15) is 11.1 Å². The molecule has 26 heavy (non-hydrogen) atoms. The van der Waals surface area contributed by atoms with E-state index >= 15 is 0 Å². The lowest BCUT2D eigenvalue weighted by atomic mass is 10.2. The molecule has 6 heteroatoms. The Labute approximate surface area is 148 Å². The summed E-state index contributed by atoms with van der Waals surface area (Å²) in [5, 5.41) is 19.4. The number of nitrogens with zero attached hydrogens (tertiary/aromatic N) is 2. The zero-order valence-corrected chi connectivity index (χ0v) is 13.5. The molecule has 0 bridgehead atoms. The van der Waals surface area contributed by atoms with Crippen LogP contribution in [0.5, 0.6) is 11.5 Å². The van der Waals surface area contributed by atoms with Crippen molar-refractivity contribution in [3.05, 3.63) is 83.4 Å². The summed E-state index contributed by atoms with van der Waals surface area (Å²) in [6.45, 7) is 0. The fourth-order valence-electron chi connectivity index (χ4n) is 2.23. The molecule has 0 fully saturated rings. The number of aromatic hydroxyl groups is 2. The van der Waals surface area contributed by atoms with Crippen molar-refractivity contribution in [3.8, 4) is 11.5 Å². The second kappa shape index (κ2) is 7.57. The minimum atomic E-state index is -0.734. The zero-order chi connectivity index (χ0) is 18.5. The minimum absolute atomic E-state index is 0.228.